The molecule has 1 aromatic heterocycles. The molecule has 3 fully saturated rings. The van der Waals surface area contributed by atoms with Crippen LogP contribution >= 0.6 is 0 Å². The number of hydrogen-bond acceptors (Lipinski definition) is 4. The van der Waals surface area contributed by atoms with Crippen molar-refractivity contribution in [1.29, 1.82) is 0 Å². The Balaban J connectivity index is 1.35. The first-order chi connectivity index (χ1) is 15.2. The molecule has 168 valence electrons. The third-order valence-electron chi connectivity index (χ3n) is 6.80. The molecule has 0 aliphatic carbocycles. The predicted octanol–water partition coefficient (Wildman–Crippen LogP) is 3.58. The zero-order chi connectivity index (χ0) is 22.7. The van der Waals surface area contributed by atoms with Gasteiger partial charge in [0.15, 0.2) is 5.60 Å². The smallest absolute Gasteiger partial charge is 0.272 e. The van der Waals surface area contributed by atoms with Crippen LogP contribution in [0.2, 0.25) is 0 Å². The van der Waals surface area contributed by atoms with Crippen LogP contribution in [0.5, 0.6) is 0 Å². The number of halogens is 3. The first-order valence-electron chi connectivity index (χ1n) is 10.6. The van der Waals surface area contributed by atoms with Gasteiger partial charge in [0.05, 0.1) is 6.04 Å². The second-order valence-corrected chi connectivity index (χ2v) is 8.86. The standard InChI is InChI=1S/C23H22F3N3O3/c1-22-4-2-19(14-10-16(25)12-17(26)11-14)29(22)21(31)23(32-22)5-8-28(9-6-23)20(30)18-13-15(24)3-7-27-18/h3,7,10-13,19H,2,4-6,8-9H2,1H3/t19-,22+/m0/s1. The van der Waals surface area contributed by atoms with Crippen molar-refractivity contribution < 1.29 is 27.5 Å². The van der Waals surface area contributed by atoms with Crippen molar-refractivity contribution in [2.75, 3.05) is 13.1 Å². The molecule has 0 unspecified atom stereocenters. The van der Waals surface area contributed by atoms with Crippen molar-refractivity contribution in [3.63, 3.8) is 0 Å². The van der Waals surface area contributed by atoms with Crippen molar-refractivity contribution in [2.45, 2.75) is 50.0 Å². The van der Waals surface area contributed by atoms with Gasteiger partial charge in [0.2, 0.25) is 0 Å². The van der Waals surface area contributed by atoms with Gasteiger partial charge in [-0.3, -0.25) is 14.6 Å². The normalized spacial score (nSPS) is 26.6. The lowest BCUT2D eigenvalue weighted by Gasteiger charge is -2.37. The summed E-state index contributed by atoms with van der Waals surface area (Å²) in [4.78, 5) is 33.3. The lowest BCUT2D eigenvalue weighted by Crippen LogP contribution is -2.51. The second kappa shape index (κ2) is 7.30. The first kappa shape index (κ1) is 20.9. The Morgan fingerprint density at radius 1 is 1.06 bits per heavy atom. The predicted molar refractivity (Wildman–Crippen MR) is 107 cm³/mol. The minimum absolute atomic E-state index is 0.0143. The fraction of sp³-hybridized carbons (Fsp3) is 0.435. The summed E-state index contributed by atoms with van der Waals surface area (Å²) in [5, 5.41) is 0. The third kappa shape index (κ3) is 3.26. The SMILES string of the molecule is C[C@@]12CC[C@@H](c3cc(F)cc(F)c3)N1C(=O)C1(CCN(C(=O)c3cc(F)ccn3)CC1)O2. The van der Waals surface area contributed by atoms with Crippen LogP contribution in [-0.4, -0.2) is 51.0 Å². The highest BCUT2D eigenvalue weighted by atomic mass is 19.1. The zero-order valence-corrected chi connectivity index (χ0v) is 17.5. The number of amides is 2. The molecule has 1 aromatic carbocycles. The Morgan fingerprint density at radius 2 is 1.75 bits per heavy atom. The minimum Gasteiger partial charge on any atom is -0.339 e. The molecule has 2 aromatic rings. The van der Waals surface area contributed by atoms with Gasteiger partial charge in [-0.15, -0.1) is 0 Å². The highest BCUT2D eigenvalue weighted by Crippen LogP contribution is 2.53. The maximum atomic E-state index is 13.8. The molecule has 1 spiro atoms. The number of carbonyl (C=O) groups is 2. The van der Waals surface area contributed by atoms with Gasteiger partial charge in [-0.25, -0.2) is 13.2 Å². The fourth-order valence-corrected chi connectivity index (χ4v) is 5.28. The number of ether oxygens (including phenoxy) is 1. The molecule has 0 saturated carbocycles. The number of fused-ring (bicyclic) bond motifs is 1. The van der Waals surface area contributed by atoms with Crippen molar-refractivity contribution in [1.82, 2.24) is 14.8 Å². The lowest BCUT2D eigenvalue weighted by atomic mass is 9.89. The van der Waals surface area contributed by atoms with Crippen LogP contribution in [0.15, 0.2) is 36.5 Å². The quantitative estimate of drug-likeness (QED) is 0.709. The maximum Gasteiger partial charge on any atom is 0.272 e. The zero-order valence-electron chi connectivity index (χ0n) is 17.5. The van der Waals surface area contributed by atoms with E-state index in [4.69, 9.17) is 4.74 Å². The van der Waals surface area contributed by atoms with E-state index in [1.807, 2.05) is 6.92 Å². The van der Waals surface area contributed by atoms with Crippen LogP contribution in [0, 0.1) is 17.5 Å². The summed E-state index contributed by atoms with van der Waals surface area (Å²) in [6.45, 7) is 2.33. The van der Waals surface area contributed by atoms with Gasteiger partial charge in [0.1, 0.15) is 28.9 Å². The molecule has 0 bridgehead atoms. The largest absolute Gasteiger partial charge is 0.339 e. The minimum atomic E-state index is -1.09. The molecule has 3 aliphatic rings. The number of benzene rings is 1. The van der Waals surface area contributed by atoms with Crippen molar-refractivity contribution in [3.8, 4) is 0 Å². The van der Waals surface area contributed by atoms with Gasteiger partial charge < -0.3 is 14.5 Å². The number of piperidine rings is 1. The van der Waals surface area contributed by atoms with E-state index in [-0.39, 0.29) is 37.5 Å². The monoisotopic (exact) mass is 445 g/mol. The van der Waals surface area contributed by atoms with E-state index in [1.165, 1.54) is 29.3 Å². The molecule has 4 heterocycles. The van der Waals surface area contributed by atoms with Crippen molar-refractivity contribution >= 4 is 11.8 Å². The molecule has 6 nitrogen and oxygen atoms in total. The van der Waals surface area contributed by atoms with Crippen LogP contribution in [0.3, 0.4) is 0 Å². The third-order valence-corrected chi connectivity index (χ3v) is 6.80. The second-order valence-electron chi connectivity index (χ2n) is 8.86. The van der Waals surface area contributed by atoms with E-state index in [2.05, 4.69) is 4.98 Å². The summed E-state index contributed by atoms with van der Waals surface area (Å²) in [5.74, 6) is -2.53. The van der Waals surface area contributed by atoms with Crippen LogP contribution in [-0.2, 0) is 9.53 Å². The van der Waals surface area contributed by atoms with Crippen LogP contribution in [0.1, 0.15) is 54.7 Å². The van der Waals surface area contributed by atoms with E-state index in [1.54, 1.807) is 4.90 Å². The molecule has 32 heavy (non-hydrogen) atoms. The average Bonchev–Trinajstić information content (AvgIpc) is 3.18. The molecule has 5 rings (SSSR count). The molecular weight excluding hydrogens is 423 g/mol. The van der Waals surface area contributed by atoms with E-state index in [9.17, 15) is 22.8 Å². The molecule has 0 radical (unpaired) electrons. The lowest BCUT2D eigenvalue weighted by molar-refractivity contribution is -0.148. The number of carbonyl (C=O) groups excluding carboxylic acids is 2. The number of likely N-dealkylation sites (tertiary alicyclic amines) is 1. The summed E-state index contributed by atoms with van der Waals surface area (Å²) in [5.41, 5.74) is -1.54. The summed E-state index contributed by atoms with van der Waals surface area (Å²) in [7, 11) is 0. The van der Waals surface area contributed by atoms with Gasteiger partial charge in [-0.05, 0) is 43.5 Å². The van der Waals surface area contributed by atoms with E-state index in [0.29, 0.717) is 18.4 Å². The van der Waals surface area contributed by atoms with Crippen LogP contribution in [0.25, 0.3) is 0 Å². The summed E-state index contributed by atoms with van der Waals surface area (Å²) in [6.07, 6.45) is 2.88. The first-order valence-corrected chi connectivity index (χ1v) is 10.6. The Hall–Kier alpha value is -2.94. The van der Waals surface area contributed by atoms with Gasteiger partial charge in [0, 0.05) is 44.3 Å². The molecular formula is C23H22F3N3O3. The van der Waals surface area contributed by atoms with Gasteiger partial charge >= 0.3 is 0 Å². The Bertz CT molecular complexity index is 1080. The fourth-order valence-electron chi connectivity index (χ4n) is 5.28. The molecule has 2 amide bonds. The van der Waals surface area contributed by atoms with E-state index in [0.717, 1.165) is 12.1 Å². The molecule has 3 saturated heterocycles. The van der Waals surface area contributed by atoms with E-state index < -0.39 is 40.7 Å². The number of nitrogens with zero attached hydrogens (tertiary/aromatic N) is 3. The Morgan fingerprint density at radius 3 is 2.41 bits per heavy atom. The summed E-state index contributed by atoms with van der Waals surface area (Å²) >= 11 is 0. The number of rotatable bonds is 2. The number of hydrogen-bond donors (Lipinski definition) is 0. The Kier molecular flexibility index (Phi) is 4.77. The average molecular weight is 445 g/mol. The highest BCUT2D eigenvalue weighted by Gasteiger charge is 2.63. The summed E-state index contributed by atoms with van der Waals surface area (Å²) in [6, 6.07) is 5.09. The molecule has 9 heteroatoms. The van der Waals surface area contributed by atoms with Gasteiger partial charge in [0.25, 0.3) is 11.8 Å². The Labute approximate surface area is 183 Å². The van der Waals surface area contributed by atoms with Crippen molar-refractivity contribution in [2.24, 2.45) is 0 Å². The maximum absolute atomic E-state index is 13.8. The van der Waals surface area contributed by atoms with E-state index >= 15 is 0 Å². The molecule has 2 atom stereocenters. The molecule has 0 N–H and O–H groups in total. The van der Waals surface area contributed by atoms with Gasteiger partial charge in [-0.1, -0.05) is 0 Å². The van der Waals surface area contributed by atoms with Crippen LogP contribution < -0.4 is 0 Å². The highest BCUT2D eigenvalue weighted by molar-refractivity contribution is 5.93. The number of pyridine rings is 1. The topological polar surface area (TPSA) is 62.7 Å². The number of aromatic nitrogens is 1. The summed E-state index contributed by atoms with van der Waals surface area (Å²) < 4.78 is 47.4. The van der Waals surface area contributed by atoms with Crippen molar-refractivity contribution in [3.05, 3.63) is 65.2 Å². The van der Waals surface area contributed by atoms with Crippen LogP contribution in [0.4, 0.5) is 13.2 Å². The molecule has 3 aliphatic heterocycles. The van der Waals surface area contributed by atoms with Gasteiger partial charge in [-0.2, -0.15) is 0 Å².